The average molecular weight is 306 g/mol. The van der Waals surface area contributed by atoms with Crippen LogP contribution in [-0.4, -0.2) is 18.3 Å². The van der Waals surface area contributed by atoms with E-state index in [9.17, 15) is 0 Å². The van der Waals surface area contributed by atoms with E-state index < -0.39 is 7.12 Å². The van der Waals surface area contributed by atoms with E-state index in [1.807, 2.05) is 27.7 Å². The van der Waals surface area contributed by atoms with Crippen LogP contribution in [-0.2, 0) is 9.31 Å². The summed E-state index contributed by atoms with van der Waals surface area (Å²) in [6.45, 7) is 12.4. The zero-order valence-electron chi connectivity index (χ0n) is 14.8. The van der Waals surface area contributed by atoms with E-state index in [2.05, 4.69) is 55.9 Å². The van der Waals surface area contributed by atoms with E-state index in [1.54, 1.807) is 0 Å². The summed E-state index contributed by atoms with van der Waals surface area (Å²) in [5.41, 5.74) is 2.78. The third-order valence-corrected chi connectivity index (χ3v) is 4.95. The molecule has 0 radical (unpaired) electrons. The van der Waals surface area contributed by atoms with Crippen molar-refractivity contribution in [2.24, 2.45) is 0 Å². The normalized spacial score (nSPS) is 18.8. The molecule has 1 aliphatic heterocycles. The molecule has 2 aromatic rings. The van der Waals surface area contributed by atoms with Gasteiger partial charge in [-0.2, -0.15) is 0 Å². The highest BCUT2D eigenvalue weighted by molar-refractivity contribution is 6.55. The summed E-state index contributed by atoms with van der Waals surface area (Å²) in [7, 11) is -0.486. The fourth-order valence-electron chi connectivity index (χ4n) is 2.76. The van der Waals surface area contributed by atoms with Crippen LogP contribution in [0.25, 0.3) is 10.8 Å². The Balaban J connectivity index is 1.99. The summed E-state index contributed by atoms with van der Waals surface area (Å²) in [5, 5.41) is 2.40. The van der Waals surface area contributed by atoms with E-state index >= 15 is 0 Å². The number of fused-ring (bicyclic) bond motifs is 1. The maximum absolute atomic E-state index is 5.96. The molecule has 0 atom stereocenters. The van der Waals surface area contributed by atoms with E-state index in [-0.39, 0.29) is 11.2 Å². The van der Waals surface area contributed by atoms with Crippen LogP contribution in [0.1, 0.15) is 44.4 Å². The predicted octanol–water partition coefficient (Wildman–Crippen LogP) is 4.44. The highest BCUT2D eigenvalue weighted by Crippen LogP contribution is 2.36. The molecule has 118 valence electrons. The van der Waals surface area contributed by atoms with Gasteiger partial charge in [-0.05, 0) is 57.9 Å². The Morgan fingerprint density at radius 2 is 1.57 bits per heavy atom. The lowest BCUT2D eigenvalue weighted by Crippen LogP contribution is -2.41. The number of hydrogen-bond donors (Lipinski definition) is 0. The molecule has 0 amide bonds. The first kappa shape index (κ1) is 16.1. The zero-order chi connectivity index (χ0) is 16.8. The molecule has 0 bridgehead atoms. The van der Waals surface area contributed by atoms with Gasteiger partial charge >= 0.3 is 7.12 Å². The second-order valence-corrected chi connectivity index (χ2v) is 7.34. The summed E-state index contributed by atoms with van der Waals surface area (Å²) >= 11 is 0. The molecule has 0 unspecified atom stereocenters. The number of benzene rings is 2. The van der Waals surface area contributed by atoms with Crippen molar-refractivity contribution < 1.29 is 9.31 Å². The molecule has 0 N–H and O–H groups in total. The van der Waals surface area contributed by atoms with Crippen LogP contribution < -0.4 is 0 Å². The molecule has 0 saturated carbocycles. The Labute approximate surface area is 139 Å². The first-order valence-corrected chi connectivity index (χ1v) is 8.07. The van der Waals surface area contributed by atoms with E-state index in [4.69, 9.17) is 9.31 Å². The van der Waals surface area contributed by atoms with Crippen LogP contribution in [0.15, 0.2) is 30.3 Å². The van der Waals surface area contributed by atoms with Crippen molar-refractivity contribution in [2.45, 2.75) is 52.7 Å². The highest BCUT2D eigenvalue weighted by atomic mass is 16.7. The molecule has 1 fully saturated rings. The minimum absolute atomic E-state index is 0.350. The zero-order valence-corrected chi connectivity index (χ0v) is 14.8. The Morgan fingerprint density at radius 1 is 0.913 bits per heavy atom. The third kappa shape index (κ3) is 2.90. The maximum atomic E-state index is 5.96. The van der Waals surface area contributed by atoms with Gasteiger partial charge in [0.15, 0.2) is 0 Å². The SMILES string of the molecule is Cc1ccc2c(C#CB3OC(C)(C)C(C)(C)O3)c(C)ccc2c1. The molecule has 3 rings (SSSR count). The summed E-state index contributed by atoms with van der Waals surface area (Å²) in [5.74, 6) is 6.46. The minimum atomic E-state index is -0.486. The molecule has 2 nitrogen and oxygen atoms in total. The van der Waals surface area contributed by atoms with Crippen molar-refractivity contribution in [2.75, 3.05) is 0 Å². The average Bonchev–Trinajstić information content (AvgIpc) is 2.66. The molecule has 0 aliphatic carbocycles. The van der Waals surface area contributed by atoms with Crippen LogP contribution in [0.3, 0.4) is 0 Å². The fourth-order valence-corrected chi connectivity index (χ4v) is 2.76. The van der Waals surface area contributed by atoms with Crippen molar-refractivity contribution in [3.8, 4) is 11.7 Å². The van der Waals surface area contributed by atoms with Gasteiger partial charge in [-0.3, -0.25) is 0 Å². The van der Waals surface area contributed by atoms with E-state index in [0.717, 1.165) is 5.56 Å². The van der Waals surface area contributed by atoms with Crippen LogP contribution in [0.4, 0.5) is 0 Å². The Hall–Kier alpha value is -1.76. The van der Waals surface area contributed by atoms with Gasteiger partial charge in [-0.1, -0.05) is 47.6 Å². The first-order chi connectivity index (χ1) is 10.7. The van der Waals surface area contributed by atoms with E-state index in [0.29, 0.717) is 0 Å². The van der Waals surface area contributed by atoms with Crippen LogP contribution in [0.2, 0.25) is 0 Å². The minimum Gasteiger partial charge on any atom is -0.392 e. The quantitative estimate of drug-likeness (QED) is 0.529. The number of hydrogen-bond acceptors (Lipinski definition) is 2. The molecule has 2 aromatic carbocycles. The largest absolute Gasteiger partial charge is 0.551 e. The molecule has 0 aromatic heterocycles. The molecule has 0 spiro atoms. The Kier molecular flexibility index (Phi) is 3.79. The summed E-state index contributed by atoms with van der Waals surface area (Å²) < 4.78 is 11.9. The van der Waals surface area contributed by atoms with Gasteiger partial charge in [0.05, 0.1) is 11.2 Å². The lowest BCUT2D eigenvalue weighted by atomic mass is 9.90. The lowest BCUT2D eigenvalue weighted by Gasteiger charge is -2.32. The summed E-state index contributed by atoms with van der Waals surface area (Å²) in [6.07, 6.45) is 0. The Bertz CT molecular complexity index is 809. The van der Waals surface area contributed by atoms with Gasteiger partial charge in [0.2, 0.25) is 0 Å². The van der Waals surface area contributed by atoms with Gasteiger partial charge < -0.3 is 9.31 Å². The standard InChI is InChI=1S/C20H23BO2/c1-14-7-10-18-16(13-14)9-8-15(2)17(18)11-12-21-22-19(3,4)20(5,6)23-21/h7-10,13H,1-6H3. The van der Waals surface area contributed by atoms with Crippen LogP contribution in [0, 0.1) is 25.6 Å². The first-order valence-electron chi connectivity index (χ1n) is 8.07. The lowest BCUT2D eigenvalue weighted by molar-refractivity contribution is 0.00578. The number of rotatable bonds is 0. The van der Waals surface area contributed by atoms with Gasteiger partial charge in [0.1, 0.15) is 0 Å². The fraction of sp³-hybridized carbons (Fsp3) is 0.400. The van der Waals surface area contributed by atoms with Crippen molar-refractivity contribution in [3.05, 3.63) is 47.0 Å². The Morgan fingerprint density at radius 3 is 2.22 bits per heavy atom. The summed E-state index contributed by atoms with van der Waals surface area (Å²) in [4.78, 5) is 0. The third-order valence-electron chi connectivity index (χ3n) is 4.95. The molecular weight excluding hydrogens is 283 g/mol. The van der Waals surface area contributed by atoms with Crippen molar-refractivity contribution >= 4 is 17.9 Å². The smallest absolute Gasteiger partial charge is 0.392 e. The predicted molar refractivity (Wildman–Crippen MR) is 96.4 cm³/mol. The van der Waals surface area contributed by atoms with Gasteiger partial charge in [-0.25, -0.2) is 0 Å². The van der Waals surface area contributed by atoms with Crippen molar-refractivity contribution in [1.29, 1.82) is 0 Å². The second kappa shape index (κ2) is 5.41. The maximum Gasteiger partial charge on any atom is 0.551 e. The molecule has 1 aliphatic rings. The molecule has 3 heteroatoms. The topological polar surface area (TPSA) is 18.5 Å². The van der Waals surface area contributed by atoms with Gasteiger partial charge in [0, 0.05) is 5.56 Å². The molecule has 1 saturated heterocycles. The van der Waals surface area contributed by atoms with Crippen LogP contribution in [0.5, 0.6) is 0 Å². The molecule has 1 heterocycles. The van der Waals surface area contributed by atoms with Crippen LogP contribution >= 0.6 is 0 Å². The number of aryl methyl sites for hydroxylation is 2. The highest BCUT2D eigenvalue weighted by Gasteiger charge is 2.50. The molecule has 23 heavy (non-hydrogen) atoms. The van der Waals surface area contributed by atoms with E-state index in [1.165, 1.54) is 21.9 Å². The monoisotopic (exact) mass is 306 g/mol. The van der Waals surface area contributed by atoms with Crippen molar-refractivity contribution in [3.63, 3.8) is 0 Å². The second-order valence-electron chi connectivity index (χ2n) is 7.34. The summed E-state index contributed by atoms with van der Waals surface area (Å²) in [6, 6.07) is 10.7. The molecular formula is C20H23BO2. The van der Waals surface area contributed by atoms with Gasteiger partial charge in [0.25, 0.3) is 0 Å². The van der Waals surface area contributed by atoms with Crippen molar-refractivity contribution in [1.82, 2.24) is 0 Å². The van der Waals surface area contributed by atoms with Gasteiger partial charge in [-0.15, -0.1) is 0 Å².